The van der Waals surface area contributed by atoms with Gasteiger partial charge in [-0.25, -0.2) is 0 Å². The molecule has 0 aliphatic carbocycles. The molecule has 0 unspecified atom stereocenters. The van der Waals surface area contributed by atoms with E-state index in [1.54, 1.807) is 0 Å². The van der Waals surface area contributed by atoms with Gasteiger partial charge in [-0.2, -0.15) is 0 Å². The molecule has 4 rings (SSSR count). The van der Waals surface area contributed by atoms with Crippen LogP contribution in [0.2, 0.25) is 0 Å². The number of aliphatic hydroxyl groups excluding tert-OH is 2. The molecule has 27 heavy (non-hydrogen) atoms. The van der Waals surface area contributed by atoms with Crippen LogP contribution in [0.3, 0.4) is 0 Å². The third-order valence-electron chi connectivity index (χ3n) is 5.71. The number of aliphatic hydroxyl groups is 2. The van der Waals surface area contributed by atoms with Gasteiger partial charge in [0.2, 0.25) is 0 Å². The number of hydrogen-bond donors (Lipinski definition) is 2. The van der Waals surface area contributed by atoms with E-state index in [1.807, 2.05) is 48.5 Å². The number of hydrogen-bond acceptors (Lipinski definition) is 5. The van der Waals surface area contributed by atoms with Crippen LogP contribution in [-0.2, 0) is 22.7 Å². The molecule has 2 aromatic rings. The van der Waals surface area contributed by atoms with Crippen molar-refractivity contribution in [2.45, 2.75) is 50.0 Å². The second kappa shape index (κ2) is 8.50. The van der Waals surface area contributed by atoms with Crippen molar-refractivity contribution in [2.24, 2.45) is 0 Å². The van der Waals surface area contributed by atoms with Crippen molar-refractivity contribution >= 4 is 0 Å². The lowest BCUT2D eigenvalue weighted by molar-refractivity contribution is -0.0727. The smallest absolute Gasteiger partial charge is 0.103 e. The first-order valence-corrected chi connectivity index (χ1v) is 9.63. The van der Waals surface area contributed by atoms with E-state index >= 15 is 0 Å². The van der Waals surface area contributed by atoms with Crippen molar-refractivity contribution in [3.8, 4) is 0 Å². The highest BCUT2D eigenvalue weighted by Crippen LogP contribution is 2.37. The van der Waals surface area contributed by atoms with E-state index in [1.165, 1.54) is 0 Å². The molecule has 0 radical (unpaired) electrons. The summed E-state index contributed by atoms with van der Waals surface area (Å²) < 4.78 is 12.4. The molecule has 144 valence electrons. The zero-order chi connectivity index (χ0) is 18.6. The number of nitrogens with zero attached hydrogens (tertiary/aromatic N) is 1. The van der Waals surface area contributed by atoms with Gasteiger partial charge < -0.3 is 19.7 Å². The van der Waals surface area contributed by atoms with Crippen molar-refractivity contribution in [2.75, 3.05) is 13.2 Å². The van der Waals surface area contributed by atoms with E-state index in [9.17, 15) is 10.2 Å². The van der Waals surface area contributed by atoms with Crippen LogP contribution < -0.4 is 0 Å². The molecule has 0 amide bonds. The van der Waals surface area contributed by atoms with Crippen LogP contribution in [0.4, 0.5) is 0 Å². The summed E-state index contributed by atoms with van der Waals surface area (Å²) in [6.07, 6.45) is -0.221. The van der Waals surface area contributed by atoms with Crippen molar-refractivity contribution in [3.05, 3.63) is 71.8 Å². The average Bonchev–Trinajstić information content (AvgIpc) is 3.23. The van der Waals surface area contributed by atoms with E-state index in [2.05, 4.69) is 17.0 Å². The molecule has 5 nitrogen and oxygen atoms in total. The van der Waals surface area contributed by atoms with E-state index in [0.717, 1.165) is 24.1 Å². The lowest BCUT2D eigenvalue weighted by Crippen LogP contribution is -2.42. The van der Waals surface area contributed by atoms with Gasteiger partial charge in [0.1, 0.15) is 6.10 Å². The quantitative estimate of drug-likeness (QED) is 0.781. The number of benzene rings is 2. The van der Waals surface area contributed by atoms with Gasteiger partial charge in [0.25, 0.3) is 0 Å². The van der Waals surface area contributed by atoms with Crippen molar-refractivity contribution in [1.82, 2.24) is 4.90 Å². The Morgan fingerprint density at radius 2 is 1.48 bits per heavy atom. The Bertz CT molecular complexity index is 711. The van der Waals surface area contributed by atoms with Crippen molar-refractivity contribution < 1.29 is 19.7 Å². The highest BCUT2D eigenvalue weighted by molar-refractivity contribution is 5.15. The minimum Gasteiger partial charge on any atom is -0.395 e. The molecule has 0 saturated carbocycles. The zero-order valence-corrected chi connectivity index (χ0v) is 15.4. The van der Waals surface area contributed by atoms with Crippen LogP contribution in [-0.4, -0.2) is 58.7 Å². The van der Waals surface area contributed by atoms with Gasteiger partial charge in [-0.15, -0.1) is 0 Å². The number of ether oxygens (including phenoxy) is 2. The summed E-state index contributed by atoms with van der Waals surface area (Å²) in [6, 6.07) is 19.7. The SMILES string of the molecule is OC[C@@H]1[C@@H](O)[C@H](OCc2ccccc2)[C@@H]2[C@@H](OCc3ccccc3)CCN21. The Labute approximate surface area is 160 Å². The van der Waals surface area contributed by atoms with Crippen molar-refractivity contribution in [1.29, 1.82) is 0 Å². The van der Waals surface area contributed by atoms with Crippen LogP contribution >= 0.6 is 0 Å². The fraction of sp³-hybridized carbons (Fsp3) is 0.455. The van der Waals surface area contributed by atoms with Crippen LogP contribution in [0.1, 0.15) is 17.5 Å². The van der Waals surface area contributed by atoms with Gasteiger partial charge in [-0.3, -0.25) is 4.90 Å². The third-order valence-corrected chi connectivity index (χ3v) is 5.71. The third kappa shape index (κ3) is 3.93. The van der Waals surface area contributed by atoms with E-state index < -0.39 is 6.10 Å². The Morgan fingerprint density at radius 3 is 2.07 bits per heavy atom. The molecule has 2 aliphatic rings. The maximum absolute atomic E-state index is 10.8. The molecular weight excluding hydrogens is 342 g/mol. The number of fused-ring (bicyclic) bond motifs is 1. The average molecular weight is 369 g/mol. The summed E-state index contributed by atoms with van der Waals surface area (Å²) in [5.74, 6) is 0. The molecule has 2 N–H and O–H groups in total. The molecule has 2 fully saturated rings. The minimum absolute atomic E-state index is 0.0165. The number of rotatable bonds is 7. The molecule has 5 heteroatoms. The Balaban J connectivity index is 1.45. The summed E-state index contributed by atoms with van der Waals surface area (Å²) in [7, 11) is 0. The fourth-order valence-corrected chi connectivity index (χ4v) is 4.35. The molecule has 2 heterocycles. The summed E-state index contributed by atoms with van der Waals surface area (Å²) in [5.41, 5.74) is 2.21. The summed E-state index contributed by atoms with van der Waals surface area (Å²) in [6.45, 7) is 1.71. The van der Waals surface area contributed by atoms with Gasteiger partial charge in [-0.05, 0) is 17.5 Å². The van der Waals surface area contributed by atoms with Crippen LogP contribution in [0.5, 0.6) is 0 Å². The standard InChI is InChI=1S/C22H27NO4/c24-13-18-21(25)22(27-15-17-9-5-2-6-10-17)20-19(11-12-23(18)20)26-14-16-7-3-1-4-8-16/h1-10,18-22,24-25H,11-15H2/t18-,19+,20+,21-,22-/m1/s1. The zero-order valence-electron chi connectivity index (χ0n) is 15.4. The Kier molecular flexibility index (Phi) is 5.86. The maximum atomic E-state index is 10.8. The summed E-state index contributed by atoms with van der Waals surface area (Å²) >= 11 is 0. The monoisotopic (exact) mass is 369 g/mol. The molecule has 0 spiro atoms. The Hall–Kier alpha value is -1.76. The highest BCUT2D eigenvalue weighted by Gasteiger charge is 2.55. The van der Waals surface area contributed by atoms with Gasteiger partial charge in [-0.1, -0.05) is 60.7 Å². The summed E-state index contributed by atoms with van der Waals surface area (Å²) in [5, 5.41) is 20.5. The molecule has 5 atom stereocenters. The second-order valence-corrected chi connectivity index (χ2v) is 7.35. The molecule has 2 aliphatic heterocycles. The summed E-state index contributed by atoms with van der Waals surface area (Å²) in [4.78, 5) is 2.16. The predicted octanol–water partition coefficient (Wildman–Crippen LogP) is 1.97. The second-order valence-electron chi connectivity index (χ2n) is 7.35. The highest BCUT2D eigenvalue weighted by atomic mass is 16.5. The molecule has 2 aromatic carbocycles. The molecule has 2 saturated heterocycles. The van der Waals surface area contributed by atoms with E-state index in [-0.39, 0.29) is 30.9 Å². The van der Waals surface area contributed by atoms with E-state index in [4.69, 9.17) is 9.47 Å². The van der Waals surface area contributed by atoms with Gasteiger partial charge >= 0.3 is 0 Å². The van der Waals surface area contributed by atoms with E-state index in [0.29, 0.717) is 13.2 Å². The Morgan fingerprint density at radius 1 is 0.889 bits per heavy atom. The normalized spacial score (nSPS) is 30.5. The van der Waals surface area contributed by atoms with Crippen LogP contribution in [0.25, 0.3) is 0 Å². The predicted molar refractivity (Wildman–Crippen MR) is 102 cm³/mol. The largest absolute Gasteiger partial charge is 0.395 e. The van der Waals surface area contributed by atoms with Crippen molar-refractivity contribution in [3.63, 3.8) is 0 Å². The van der Waals surface area contributed by atoms with Crippen LogP contribution in [0, 0.1) is 0 Å². The molecule has 0 bridgehead atoms. The minimum atomic E-state index is -0.716. The topological polar surface area (TPSA) is 62.2 Å². The van der Waals surface area contributed by atoms with Gasteiger partial charge in [0, 0.05) is 6.54 Å². The fourth-order valence-electron chi connectivity index (χ4n) is 4.35. The molecular formula is C22H27NO4. The van der Waals surface area contributed by atoms with Crippen LogP contribution in [0.15, 0.2) is 60.7 Å². The first-order chi connectivity index (χ1) is 13.3. The van der Waals surface area contributed by atoms with Gasteiger partial charge in [0.05, 0.1) is 44.1 Å². The lowest BCUT2D eigenvalue weighted by atomic mass is 10.0. The lowest BCUT2D eigenvalue weighted by Gasteiger charge is -2.27. The first kappa shape index (κ1) is 18.6. The molecule has 0 aromatic heterocycles. The van der Waals surface area contributed by atoms with Gasteiger partial charge in [0.15, 0.2) is 0 Å². The maximum Gasteiger partial charge on any atom is 0.103 e. The first-order valence-electron chi connectivity index (χ1n) is 9.63.